The summed E-state index contributed by atoms with van der Waals surface area (Å²) in [7, 11) is 0. The number of oxazole rings is 2. The van der Waals surface area contributed by atoms with Crippen LogP contribution in [0.25, 0.3) is 139 Å². The molecule has 0 atom stereocenters. The van der Waals surface area contributed by atoms with E-state index in [2.05, 4.69) is 114 Å². The highest BCUT2D eigenvalue weighted by molar-refractivity contribution is 6.28. The maximum Gasteiger partial charge on any atom is 0.227 e. The first-order valence-corrected chi connectivity index (χ1v) is 22.2. The van der Waals surface area contributed by atoms with Crippen molar-refractivity contribution in [3.05, 3.63) is 206 Å². The van der Waals surface area contributed by atoms with Crippen molar-refractivity contribution >= 4 is 76.3 Å². The van der Waals surface area contributed by atoms with Crippen molar-refractivity contribution in [1.29, 1.82) is 0 Å². The SMILES string of the molecule is c1ccc2cc(-n3c4ccc5ccccc5c4c4c5cc(-c6nc(-c7ccc(-c8nc9ccccc9o8)cc7)nc(-c7ccc(-c8nc9ccccc9o8)cc7)n6)ccc5ccc43)ccc2c1. The Kier molecular flexibility index (Phi) is 8.11. The molecule has 8 heteroatoms. The summed E-state index contributed by atoms with van der Waals surface area (Å²) in [5, 5.41) is 9.43. The molecular formula is C59H34N6O2. The van der Waals surface area contributed by atoms with E-state index in [4.69, 9.17) is 33.8 Å². The Hall–Kier alpha value is -9.27. The summed E-state index contributed by atoms with van der Waals surface area (Å²) in [6.45, 7) is 0. The normalized spacial score (nSPS) is 11.9. The van der Waals surface area contributed by atoms with Crippen molar-refractivity contribution in [1.82, 2.24) is 29.5 Å². The topological polar surface area (TPSA) is 95.7 Å². The van der Waals surface area contributed by atoms with Crippen LogP contribution in [0.4, 0.5) is 0 Å². The van der Waals surface area contributed by atoms with Crippen LogP contribution in [0.2, 0.25) is 0 Å². The average Bonchev–Trinajstić information content (AvgIpc) is 4.13. The van der Waals surface area contributed by atoms with Crippen LogP contribution in [-0.2, 0) is 0 Å². The van der Waals surface area contributed by atoms with Crippen molar-refractivity contribution in [3.63, 3.8) is 0 Å². The summed E-state index contributed by atoms with van der Waals surface area (Å²) >= 11 is 0. The molecule has 0 unspecified atom stereocenters. The number of para-hydroxylation sites is 4. The molecular weight excluding hydrogens is 825 g/mol. The Bertz CT molecular complexity index is 4080. The molecule has 0 amide bonds. The number of rotatable bonds is 6. The first-order valence-electron chi connectivity index (χ1n) is 22.2. The molecule has 4 aromatic heterocycles. The third-order valence-electron chi connectivity index (χ3n) is 12.9. The molecule has 14 rings (SSSR count). The zero-order valence-electron chi connectivity index (χ0n) is 35.6. The third-order valence-corrected chi connectivity index (χ3v) is 12.9. The summed E-state index contributed by atoms with van der Waals surface area (Å²) in [5.74, 6) is 2.77. The second kappa shape index (κ2) is 14.6. The molecule has 10 aromatic carbocycles. The van der Waals surface area contributed by atoms with E-state index in [1.165, 1.54) is 32.3 Å². The van der Waals surface area contributed by atoms with Gasteiger partial charge in [0.05, 0.1) is 11.0 Å². The Morgan fingerprint density at radius 2 is 0.761 bits per heavy atom. The van der Waals surface area contributed by atoms with Crippen LogP contribution in [0, 0.1) is 0 Å². The molecule has 4 heterocycles. The highest BCUT2D eigenvalue weighted by Gasteiger charge is 2.20. The number of benzene rings is 10. The van der Waals surface area contributed by atoms with E-state index in [0.717, 1.165) is 77.5 Å². The van der Waals surface area contributed by atoms with Gasteiger partial charge >= 0.3 is 0 Å². The maximum absolute atomic E-state index is 6.11. The lowest BCUT2D eigenvalue weighted by atomic mass is 9.98. The Morgan fingerprint density at radius 3 is 1.37 bits per heavy atom. The Balaban J connectivity index is 0.952. The third kappa shape index (κ3) is 6.11. The summed E-state index contributed by atoms with van der Waals surface area (Å²) in [5.41, 5.74) is 10.8. The first-order chi connectivity index (χ1) is 33.1. The standard InChI is InChI=1S/C59H34N6O2/c1-2-11-42-33-44(30-27-35(42)9-1)65-49-31-28-36-10-3-4-12-45(36)53(49)54-46-34-43(26-17-37(46)29-32-50(54)65)57-63-55(38-18-22-40(23-19-38)58-60-47-13-5-7-15-51(47)66-58)62-56(64-57)39-20-24-41(25-21-39)59-61-48-14-6-8-16-52(48)67-59/h1-34H. The van der Waals surface area contributed by atoms with Gasteiger partial charge in [0, 0.05) is 44.3 Å². The number of fused-ring (bicyclic) bond motifs is 10. The van der Waals surface area contributed by atoms with E-state index in [1.807, 2.05) is 97.1 Å². The number of aromatic nitrogens is 6. The molecule has 0 saturated carbocycles. The molecule has 312 valence electrons. The molecule has 0 spiro atoms. The lowest BCUT2D eigenvalue weighted by molar-refractivity contribution is 0.619. The zero-order valence-corrected chi connectivity index (χ0v) is 35.6. The van der Waals surface area contributed by atoms with Gasteiger partial charge in [0.25, 0.3) is 0 Å². The molecule has 0 fully saturated rings. The van der Waals surface area contributed by atoms with Crippen LogP contribution >= 0.6 is 0 Å². The fraction of sp³-hybridized carbons (Fsp3) is 0. The van der Waals surface area contributed by atoms with Crippen LogP contribution in [-0.4, -0.2) is 29.5 Å². The van der Waals surface area contributed by atoms with Gasteiger partial charge in [-0.05, 0) is 111 Å². The van der Waals surface area contributed by atoms with Crippen LogP contribution in [0.5, 0.6) is 0 Å². The van der Waals surface area contributed by atoms with Crippen LogP contribution in [0.1, 0.15) is 0 Å². The molecule has 0 aliphatic rings. The largest absolute Gasteiger partial charge is 0.436 e. The molecule has 0 N–H and O–H groups in total. The van der Waals surface area contributed by atoms with Crippen molar-refractivity contribution in [2.45, 2.75) is 0 Å². The second-order valence-electron chi connectivity index (χ2n) is 16.9. The van der Waals surface area contributed by atoms with Gasteiger partial charge in [0.15, 0.2) is 28.6 Å². The number of nitrogens with zero attached hydrogens (tertiary/aromatic N) is 6. The van der Waals surface area contributed by atoms with E-state index in [0.29, 0.717) is 29.3 Å². The van der Waals surface area contributed by atoms with Gasteiger partial charge in [-0.25, -0.2) is 24.9 Å². The number of hydrogen-bond acceptors (Lipinski definition) is 7. The monoisotopic (exact) mass is 858 g/mol. The highest BCUT2D eigenvalue weighted by Crippen LogP contribution is 2.42. The van der Waals surface area contributed by atoms with E-state index in [9.17, 15) is 0 Å². The van der Waals surface area contributed by atoms with E-state index in [-0.39, 0.29) is 0 Å². The van der Waals surface area contributed by atoms with Crippen LogP contribution in [0.15, 0.2) is 215 Å². The van der Waals surface area contributed by atoms with Gasteiger partial charge in [-0.2, -0.15) is 0 Å². The van der Waals surface area contributed by atoms with E-state index >= 15 is 0 Å². The lowest BCUT2D eigenvalue weighted by Gasteiger charge is -2.11. The van der Waals surface area contributed by atoms with E-state index < -0.39 is 0 Å². The second-order valence-corrected chi connectivity index (χ2v) is 16.9. The average molecular weight is 859 g/mol. The van der Waals surface area contributed by atoms with Crippen LogP contribution in [0.3, 0.4) is 0 Å². The predicted octanol–water partition coefficient (Wildman–Crippen LogP) is 15.0. The lowest BCUT2D eigenvalue weighted by Crippen LogP contribution is -2.00. The minimum Gasteiger partial charge on any atom is -0.436 e. The summed E-state index contributed by atoms with van der Waals surface area (Å²) in [4.78, 5) is 25.0. The summed E-state index contributed by atoms with van der Waals surface area (Å²) in [6, 6.07) is 71.1. The van der Waals surface area contributed by atoms with Crippen molar-refractivity contribution in [2.24, 2.45) is 0 Å². The molecule has 0 radical (unpaired) electrons. The highest BCUT2D eigenvalue weighted by atomic mass is 16.4. The minimum absolute atomic E-state index is 0.546. The van der Waals surface area contributed by atoms with Crippen molar-refractivity contribution in [3.8, 4) is 62.8 Å². The molecule has 0 aliphatic heterocycles. The van der Waals surface area contributed by atoms with E-state index in [1.54, 1.807) is 0 Å². The molecule has 0 aliphatic carbocycles. The smallest absolute Gasteiger partial charge is 0.227 e. The Morgan fingerprint density at radius 1 is 0.313 bits per heavy atom. The molecule has 0 bridgehead atoms. The molecule has 8 nitrogen and oxygen atoms in total. The van der Waals surface area contributed by atoms with Crippen molar-refractivity contribution in [2.75, 3.05) is 0 Å². The van der Waals surface area contributed by atoms with Crippen molar-refractivity contribution < 1.29 is 8.83 Å². The van der Waals surface area contributed by atoms with Gasteiger partial charge < -0.3 is 13.4 Å². The van der Waals surface area contributed by atoms with Gasteiger partial charge in [-0.3, -0.25) is 0 Å². The Labute approximate surface area is 382 Å². The van der Waals surface area contributed by atoms with Gasteiger partial charge in [0.2, 0.25) is 11.8 Å². The quantitative estimate of drug-likeness (QED) is 0.164. The van der Waals surface area contributed by atoms with Gasteiger partial charge in [0.1, 0.15) is 11.0 Å². The summed E-state index contributed by atoms with van der Waals surface area (Å²) in [6.07, 6.45) is 0. The van der Waals surface area contributed by atoms with Crippen LogP contribution < -0.4 is 0 Å². The fourth-order valence-corrected chi connectivity index (χ4v) is 9.61. The fourth-order valence-electron chi connectivity index (χ4n) is 9.61. The first kappa shape index (κ1) is 37.1. The predicted molar refractivity (Wildman–Crippen MR) is 269 cm³/mol. The molecule has 14 aromatic rings. The van der Waals surface area contributed by atoms with Gasteiger partial charge in [-0.1, -0.05) is 127 Å². The van der Waals surface area contributed by atoms with Gasteiger partial charge in [-0.15, -0.1) is 0 Å². The molecule has 0 saturated heterocycles. The summed E-state index contributed by atoms with van der Waals surface area (Å²) < 4.78 is 14.6. The zero-order chi connectivity index (χ0) is 44.0. The maximum atomic E-state index is 6.11. The minimum atomic E-state index is 0.546. The number of hydrogen-bond donors (Lipinski definition) is 0. The molecule has 67 heavy (non-hydrogen) atoms.